The van der Waals surface area contributed by atoms with Gasteiger partial charge in [0.2, 0.25) is 0 Å². The molecule has 0 N–H and O–H groups in total. The molecule has 0 saturated carbocycles. The molecule has 0 saturated heterocycles. The first-order valence-corrected chi connectivity index (χ1v) is 14.9. The van der Waals surface area contributed by atoms with Crippen LogP contribution in [-0.4, -0.2) is 28.0 Å². The summed E-state index contributed by atoms with van der Waals surface area (Å²) in [6, 6.07) is 38.2. The maximum atomic E-state index is 13.5. The van der Waals surface area contributed by atoms with Crippen molar-refractivity contribution < 1.29 is 23.6 Å². The van der Waals surface area contributed by atoms with Crippen LogP contribution in [0.25, 0.3) is 0 Å². The third-order valence-corrected chi connectivity index (χ3v) is 8.09. The number of benzene rings is 4. The van der Waals surface area contributed by atoms with Crippen molar-refractivity contribution in [2.75, 3.05) is 11.5 Å². The minimum absolute atomic E-state index is 0.0970. The van der Waals surface area contributed by atoms with Crippen LogP contribution in [0.1, 0.15) is 22.3 Å². The molecule has 0 aromatic heterocycles. The van der Waals surface area contributed by atoms with Crippen LogP contribution in [0.15, 0.2) is 121 Å². The first-order chi connectivity index (χ1) is 19.6. The second-order valence-electron chi connectivity index (χ2n) is 9.73. The van der Waals surface area contributed by atoms with Crippen LogP contribution in [0.5, 0.6) is 0 Å². The molecule has 206 valence electrons. The van der Waals surface area contributed by atoms with E-state index < -0.39 is 35.0 Å². The Hall–Kier alpha value is -3.87. The summed E-state index contributed by atoms with van der Waals surface area (Å²) in [5.41, 5.74) is 3.70. The molecule has 4 aromatic carbocycles. The predicted molar refractivity (Wildman–Crippen MR) is 158 cm³/mol. The maximum Gasteiger partial charge on any atom is 0.314 e. The van der Waals surface area contributed by atoms with Crippen molar-refractivity contribution in [3.63, 3.8) is 0 Å². The van der Waals surface area contributed by atoms with Gasteiger partial charge in [-0.3, -0.25) is 9.59 Å². The van der Waals surface area contributed by atoms with Gasteiger partial charge in [0, 0.05) is 0 Å². The number of ether oxygens (including phenoxy) is 2. The molecule has 40 heavy (non-hydrogen) atoms. The number of carbonyl (C=O) groups excluding carboxylic acids is 2. The molecule has 0 heterocycles. The molecule has 0 bridgehead atoms. The average Bonchev–Trinajstić information content (AvgIpc) is 3.00. The highest BCUT2D eigenvalue weighted by atomic mass is 32.2. The molecule has 2 atom stereocenters. The van der Waals surface area contributed by atoms with Crippen molar-refractivity contribution in [1.82, 2.24) is 0 Å². The van der Waals surface area contributed by atoms with Crippen molar-refractivity contribution in [3.8, 4) is 0 Å². The van der Waals surface area contributed by atoms with Crippen molar-refractivity contribution in [2.24, 2.45) is 11.8 Å². The monoisotopic (exact) mass is 554 g/mol. The van der Waals surface area contributed by atoms with E-state index in [0.29, 0.717) is 12.8 Å². The topological polar surface area (TPSA) is 75.7 Å². The molecule has 0 aliphatic heterocycles. The van der Waals surface area contributed by atoms with Gasteiger partial charge in [-0.2, -0.15) is 0 Å². The van der Waals surface area contributed by atoms with Gasteiger partial charge < -0.3 is 14.0 Å². The maximum absolute atomic E-state index is 13.5. The number of hydrogen-bond acceptors (Lipinski definition) is 5. The van der Waals surface area contributed by atoms with Crippen LogP contribution in [0.2, 0.25) is 0 Å². The fourth-order valence-corrected chi connectivity index (χ4v) is 5.97. The van der Waals surface area contributed by atoms with Gasteiger partial charge in [0.1, 0.15) is 36.6 Å². The molecular formula is C34H34O5S. The highest BCUT2D eigenvalue weighted by Crippen LogP contribution is 2.20. The van der Waals surface area contributed by atoms with E-state index in [-0.39, 0.29) is 24.7 Å². The summed E-state index contributed by atoms with van der Waals surface area (Å²) in [7, 11) is 0. The van der Waals surface area contributed by atoms with Crippen molar-refractivity contribution >= 4 is 23.1 Å². The third-order valence-electron chi connectivity index (χ3n) is 6.54. The van der Waals surface area contributed by atoms with Crippen LogP contribution in [-0.2, 0) is 56.3 Å². The molecule has 0 radical (unpaired) electrons. The second-order valence-corrected chi connectivity index (χ2v) is 11.3. The molecule has 0 aliphatic carbocycles. The molecule has 0 spiro atoms. The van der Waals surface area contributed by atoms with E-state index in [4.69, 9.17) is 9.47 Å². The predicted octanol–water partition coefficient (Wildman–Crippen LogP) is 5.94. The smallest absolute Gasteiger partial charge is 0.314 e. The van der Waals surface area contributed by atoms with Crippen LogP contribution in [0.4, 0.5) is 0 Å². The lowest BCUT2D eigenvalue weighted by Crippen LogP contribution is -2.34. The van der Waals surface area contributed by atoms with Gasteiger partial charge in [0.15, 0.2) is 0 Å². The van der Waals surface area contributed by atoms with E-state index >= 15 is 0 Å². The van der Waals surface area contributed by atoms with Crippen molar-refractivity contribution in [3.05, 3.63) is 144 Å². The Morgan fingerprint density at radius 1 is 0.525 bits per heavy atom. The number of rotatable bonds is 14. The molecule has 4 aromatic rings. The largest absolute Gasteiger partial charge is 0.616 e. The van der Waals surface area contributed by atoms with Gasteiger partial charge >= 0.3 is 11.9 Å². The number of hydrogen-bond donors (Lipinski definition) is 0. The second kappa shape index (κ2) is 15.7. The Balaban J connectivity index is 1.43. The Morgan fingerprint density at radius 2 is 0.825 bits per heavy atom. The van der Waals surface area contributed by atoms with Gasteiger partial charge in [0.05, 0.1) is 0 Å². The lowest BCUT2D eigenvalue weighted by molar-refractivity contribution is -0.149. The summed E-state index contributed by atoms with van der Waals surface area (Å²) >= 11 is -1.47. The third kappa shape index (κ3) is 9.70. The van der Waals surface area contributed by atoms with Gasteiger partial charge in [-0.15, -0.1) is 0 Å². The summed E-state index contributed by atoms with van der Waals surface area (Å²) in [4.78, 5) is 26.4. The Kier molecular flexibility index (Phi) is 11.4. The molecule has 5 nitrogen and oxygen atoms in total. The van der Waals surface area contributed by atoms with E-state index in [0.717, 1.165) is 22.3 Å². The van der Waals surface area contributed by atoms with E-state index in [1.807, 2.05) is 121 Å². The summed E-state index contributed by atoms with van der Waals surface area (Å²) in [5.74, 6) is -1.81. The molecular weight excluding hydrogens is 520 g/mol. The summed E-state index contributed by atoms with van der Waals surface area (Å²) in [6.07, 6.45) is 0.810. The van der Waals surface area contributed by atoms with Gasteiger partial charge in [-0.05, 0) is 35.1 Å². The zero-order valence-electron chi connectivity index (χ0n) is 22.4. The van der Waals surface area contributed by atoms with E-state index in [1.165, 1.54) is 0 Å². The van der Waals surface area contributed by atoms with E-state index in [9.17, 15) is 14.1 Å². The van der Waals surface area contributed by atoms with Crippen LogP contribution in [0, 0.1) is 11.8 Å². The lowest BCUT2D eigenvalue weighted by Gasteiger charge is -2.22. The van der Waals surface area contributed by atoms with Gasteiger partial charge in [0.25, 0.3) is 0 Å². The lowest BCUT2D eigenvalue weighted by atomic mass is 10.0. The Morgan fingerprint density at radius 3 is 1.15 bits per heavy atom. The Labute approximate surface area is 239 Å². The van der Waals surface area contributed by atoms with Gasteiger partial charge in [-0.25, -0.2) is 0 Å². The number of esters is 2. The number of carbonyl (C=O) groups is 2. The zero-order valence-corrected chi connectivity index (χ0v) is 23.2. The minimum Gasteiger partial charge on any atom is -0.616 e. The zero-order chi connectivity index (χ0) is 28.0. The van der Waals surface area contributed by atoms with Crippen LogP contribution >= 0.6 is 0 Å². The van der Waals surface area contributed by atoms with E-state index in [2.05, 4.69) is 0 Å². The first-order valence-electron chi connectivity index (χ1n) is 13.4. The van der Waals surface area contributed by atoms with E-state index in [1.54, 1.807) is 0 Å². The highest BCUT2D eigenvalue weighted by Gasteiger charge is 2.31. The van der Waals surface area contributed by atoms with Crippen LogP contribution in [0.3, 0.4) is 0 Å². The summed E-state index contributed by atoms with van der Waals surface area (Å²) in [6.45, 7) is 0.306. The van der Waals surface area contributed by atoms with Gasteiger partial charge in [-0.1, -0.05) is 133 Å². The highest BCUT2D eigenvalue weighted by molar-refractivity contribution is 7.91. The SMILES string of the molecule is O=C(OCc1ccccc1)C(Cc1ccccc1)C[S+]([O-])CC(Cc1ccccc1)C(=O)OCc1ccccc1. The summed E-state index contributed by atoms with van der Waals surface area (Å²) < 4.78 is 24.8. The fraction of sp³-hybridized carbons (Fsp3) is 0.235. The Bertz CT molecular complexity index is 1200. The molecule has 0 aliphatic rings. The molecule has 0 amide bonds. The van der Waals surface area contributed by atoms with Crippen molar-refractivity contribution in [1.29, 1.82) is 0 Å². The fourth-order valence-electron chi connectivity index (χ4n) is 4.43. The molecule has 2 unspecified atom stereocenters. The summed E-state index contributed by atoms with van der Waals surface area (Å²) in [5, 5.41) is 0. The quantitative estimate of drug-likeness (QED) is 0.142. The minimum atomic E-state index is -1.47. The first kappa shape index (κ1) is 29.1. The van der Waals surface area contributed by atoms with Crippen LogP contribution < -0.4 is 0 Å². The molecule has 6 heteroatoms. The standard InChI is InChI=1S/C34H34O5S/c35-33(38-23-29-17-9-3-10-18-29)31(21-27-13-5-1-6-14-27)25-40(37)26-32(22-28-15-7-2-8-16-28)34(36)39-24-30-19-11-4-12-20-30/h1-20,31-32H,21-26H2. The molecule has 4 rings (SSSR count). The van der Waals surface area contributed by atoms with Crippen molar-refractivity contribution in [2.45, 2.75) is 26.1 Å². The average molecular weight is 555 g/mol. The normalized spacial score (nSPS) is 13.1. The molecule has 0 fully saturated rings.